The van der Waals surface area contributed by atoms with Crippen LogP contribution in [-0.4, -0.2) is 37.9 Å². The fourth-order valence-corrected chi connectivity index (χ4v) is 2.64. The number of amides is 1. The molecule has 0 heterocycles. The number of methoxy groups -OCH3 is 1. The van der Waals surface area contributed by atoms with Crippen LogP contribution in [0, 0.1) is 0 Å². The van der Waals surface area contributed by atoms with Crippen LogP contribution in [0.3, 0.4) is 0 Å². The van der Waals surface area contributed by atoms with E-state index in [2.05, 4.69) is 5.32 Å². The number of nitrogens with one attached hydrogen (secondary N) is 1. The average molecular weight is 377 g/mol. The maximum Gasteiger partial charge on any atom is 0.325 e. The Kier molecular flexibility index (Phi) is 6.01. The summed E-state index contributed by atoms with van der Waals surface area (Å²) in [6.45, 7) is -0.710. The largest absolute Gasteiger partial charge is 0.497 e. The number of fused-ring (bicyclic) bond motifs is 1. The van der Waals surface area contributed by atoms with Crippen LogP contribution in [0.2, 0.25) is 0 Å². The molecule has 0 aliphatic rings. The van der Waals surface area contributed by atoms with Gasteiger partial charge in [-0.2, -0.15) is 0 Å². The van der Waals surface area contributed by atoms with Crippen LogP contribution in [0.5, 0.6) is 5.75 Å². The van der Waals surface area contributed by atoms with E-state index < -0.39 is 12.6 Å². The van der Waals surface area contributed by atoms with Crippen LogP contribution in [0.1, 0.15) is 20.7 Å². The minimum absolute atomic E-state index is 0.318. The molecule has 6 nitrogen and oxygen atoms in total. The summed E-state index contributed by atoms with van der Waals surface area (Å²) >= 11 is 0. The lowest BCUT2D eigenvalue weighted by atomic mass is 10.1. The molecule has 3 aromatic rings. The van der Waals surface area contributed by atoms with Crippen molar-refractivity contribution in [1.29, 1.82) is 0 Å². The van der Waals surface area contributed by atoms with Gasteiger partial charge in [-0.15, -0.1) is 0 Å². The van der Waals surface area contributed by atoms with E-state index in [0.717, 1.165) is 10.8 Å². The second-order valence-corrected chi connectivity index (χ2v) is 6.06. The number of hydrogen-bond donors (Lipinski definition) is 1. The lowest BCUT2D eigenvalue weighted by Crippen LogP contribution is -2.31. The van der Waals surface area contributed by atoms with Crippen molar-refractivity contribution in [3.05, 3.63) is 77.9 Å². The van der Waals surface area contributed by atoms with Crippen molar-refractivity contribution >= 4 is 28.4 Å². The van der Waals surface area contributed by atoms with Crippen LogP contribution >= 0.6 is 0 Å². The highest BCUT2D eigenvalue weighted by Gasteiger charge is 2.12. The summed E-state index contributed by atoms with van der Waals surface area (Å²) in [5.74, 6) is -0.776. The third-order valence-corrected chi connectivity index (χ3v) is 4.18. The van der Waals surface area contributed by atoms with Crippen LogP contribution < -0.4 is 10.1 Å². The quantitative estimate of drug-likeness (QED) is 0.506. The standard InChI is InChI=1S/C22H19NO5/c1-27-19-10-8-16(9-11-19)20(24)14-28-21(25)13-23-22(26)18-7-6-15-4-2-3-5-17(15)12-18/h2-12H,13-14H2,1H3,(H,23,26). The summed E-state index contributed by atoms with van der Waals surface area (Å²) < 4.78 is 9.96. The van der Waals surface area contributed by atoms with E-state index in [0.29, 0.717) is 16.9 Å². The first-order valence-electron chi connectivity index (χ1n) is 8.66. The van der Waals surface area contributed by atoms with Gasteiger partial charge in [0.15, 0.2) is 12.4 Å². The number of ketones is 1. The fourth-order valence-electron chi connectivity index (χ4n) is 2.64. The van der Waals surface area contributed by atoms with Gasteiger partial charge in [-0.25, -0.2) is 0 Å². The summed E-state index contributed by atoms with van der Waals surface area (Å²) in [7, 11) is 1.53. The van der Waals surface area contributed by atoms with E-state index in [-0.39, 0.29) is 18.2 Å². The first kappa shape index (κ1) is 19.1. The van der Waals surface area contributed by atoms with Crippen molar-refractivity contribution in [3.63, 3.8) is 0 Å². The zero-order valence-corrected chi connectivity index (χ0v) is 15.3. The summed E-state index contributed by atoms with van der Waals surface area (Å²) in [5, 5.41) is 4.46. The third kappa shape index (κ3) is 4.73. The van der Waals surface area contributed by atoms with Crippen LogP contribution in [0.4, 0.5) is 0 Å². The highest BCUT2D eigenvalue weighted by molar-refractivity contribution is 6.00. The lowest BCUT2D eigenvalue weighted by molar-refractivity contribution is -0.141. The molecule has 0 saturated carbocycles. The van der Waals surface area contributed by atoms with Gasteiger partial charge >= 0.3 is 5.97 Å². The Morgan fingerprint density at radius 2 is 1.54 bits per heavy atom. The van der Waals surface area contributed by atoms with E-state index >= 15 is 0 Å². The number of esters is 1. The summed E-state index contributed by atoms with van der Waals surface area (Å²) in [6, 6.07) is 19.5. The van der Waals surface area contributed by atoms with E-state index in [1.807, 2.05) is 30.3 Å². The second-order valence-electron chi connectivity index (χ2n) is 6.06. The predicted molar refractivity (Wildman–Crippen MR) is 105 cm³/mol. The molecule has 0 unspecified atom stereocenters. The summed E-state index contributed by atoms with van der Waals surface area (Å²) in [6.07, 6.45) is 0. The molecular weight excluding hydrogens is 358 g/mol. The molecule has 3 aromatic carbocycles. The number of hydrogen-bond acceptors (Lipinski definition) is 5. The Morgan fingerprint density at radius 3 is 2.25 bits per heavy atom. The van der Waals surface area contributed by atoms with Gasteiger partial charge in [-0.1, -0.05) is 30.3 Å². The van der Waals surface area contributed by atoms with Crippen molar-refractivity contribution < 1.29 is 23.9 Å². The van der Waals surface area contributed by atoms with Gasteiger partial charge in [-0.3, -0.25) is 14.4 Å². The zero-order valence-electron chi connectivity index (χ0n) is 15.3. The molecule has 142 valence electrons. The molecule has 1 N–H and O–H groups in total. The Morgan fingerprint density at radius 1 is 0.857 bits per heavy atom. The fraction of sp³-hybridized carbons (Fsp3) is 0.136. The summed E-state index contributed by atoms with van der Waals surface area (Å²) in [5.41, 5.74) is 0.856. The van der Waals surface area contributed by atoms with Gasteiger partial charge in [0.2, 0.25) is 0 Å². The molecule has 0 fully saturated rings. The topological polar surface area (TPSA) is 81.7 Å². The number of Topliss-reactive ketones (excluding diaryl/α,β-unsaturated/α-hetero) is 1. The maximum absolute atomic E-state index is 12.2. The molecule has 28 heavy (non-hydrogen) atoms. The van der Waals surface area contributed by atoms with Crippen molar-refractivity contribution in [2.45, 2.75) is 0 Å². The molecule has 0 bridgehead atoms. The highest BCUT2D eigenvalue weighted by Crippen LogP contribution is 2.15. The van der Waals surface area contributed by atoms with Gasteiger partial charge in [-0.05, 0) is 47.2 Å². The Hall–Kier alpha value is -3.67. The Bertz CT molecular complexity index is 1010. The van der Waals surface area contributed by atoms with Crippen molar-refractivity contribution in [3.8, 4) is 5.75 Å². The van der Waals surface area contributed by atoms with Gasteiger partial charge in [0.25, 0.3) is 5.91 Å². The molecule has 0 spiro atoms. The van der Waals surface area contributed by atoms with Gasteiger partial charge < -0.3 is 14.8 Å². The molecular formula is C22H19NO5. The lowest BCUT2D eigenvalue weighted by Gasteiger charge is -2.07. The number of rotatable bonds is 7. The predicted octanol–water partition coefficient (Wildman–Crippen LogP) is 3.00. The zero-order chi connectivity index (χ0) is 19.9. The number of ether oxygens (including phenoxy) is 2. The van der Waals surface area contributed by atoms with E-state index in [1.54, 1.807) is 36.4 Å². The smallest absolute Gasteiger partial charge is 0.325 e. The average Bonchev–Trinajstić information content (AvgIpc) is 2.75. The molecule has 0 saturated heterocycles. The van der Waals surface area contributed by atoms with Gasteiger partial charge in [0, 0.05) is 11.1 Å². The van der Waals surface area contributed by atoms with Crippen molar-refractivity contribution in [1.82, 2.24) is 5.32 Å². The number of benzene rings is 3. The van der Waals surface area contributed by atoms with E-state index in [9.17, 15) is 14.4 Å². The Labute approximate surface area is 162 Å². The second kappa shape index (κ2) is 8.81. The van der Waals surface area contributed by atoms with Gasteiger partial charge in [0.05, 0.1) is 7.11 Å². The minimum atomic E-state index is -0.684. The van der Waals surface area contributed by atoms with E-state index in [1.165, 1.54) is 7.11 Å². The van der Waals surface area contributed by atoms with Crippen LogP contribution in [0.15, 0.2) is 66.7 Å². The molecule has 0 atom stereocenters. The molecule has 0 aliphatic carbocycles. The molecule has 6 heteroatoms. The van der Waals surface area contributed by atoms with Crippen LogP contribution in [-0.2, 0) is 9.53 Å². The third-order valence-electron chi connectivity index (χ3n) is 4.18. The first-order valence-corrected chi connectivity index (χ1v) is 8.66. The molecule has 0 aromatic heterocycles. The summed E-state index contributed by atoms with van der Waals surface area (Å²) in [4.78, 5) is 36.1. The Balaban J connectivity index is 1.48. The first-order chi connectivity index (χ1) is 13.6. The molecule has 3 rings (SSSR count). The highest BCUT2D eigenvalue weighted by atomic mass is 16.5. The van der Waals surface area contributed by atoms with Crippen molar-refractivity contribution in [2.75, 3.05) is 20.3 Å². The molecule has 0 aliphatic heterocycles. The normalized spacial score (nSPS) is 10.3. The van der Waals surface area contributed by atoms with Crippen LogP contribution in [0.25, 0.3) is 10.8 Å². The van der Waals surface area contributed by atoms with E-state index in [4.69, 9.17) is 9.47 Å². The minimum Gasteiger partial charge on any atom is -0.497 e. The molecule has 1 amide bonds. The maximum atomic E-state index is 12.2. The number of carbonyl (C=O) groups excluding carboxylic acids is 3. The monoisotopic (exact) mass is 377 g/mol. The number of carbonyl (C=O) groups is 3. The SMILES string of the molecule is COc1ccc(C(=O)COC(=O)CNC(=O)c2ccc3ccccc3c2)cc1. The van der Waals surface area contributed by atoms with Gasteiger partial charge in [0.1, 0.15) is 12.3 Å². The molecule has 0 radical (unpaired) electrons. The van der Waals surface area contributed by atoms with Crippen molar-refractivity contribution in [2.24, 2.45) is 0 Å².